The predicted molar refractivity (Wildman–Crippen MR) is 72.8 cm³/mol. The predicted octanol–water partition coefficient (Wildman–Crippen LogP) is 2.30. The summed E-state index contributed by atoms with van der Waals surface area (Å²) < 4.78 is 13.5. The van der Waals surface area contributed by atoms with Gasteiger partial charge in [-0.2, -0.15) is 0 Å². The average Bonchev–Trinajstić information content (AvgIpc) is 2.36. The fourth-order valence-electron chi connectivity index (χ4n) is 2.56. The van der Waals surface area contributed by atoms with Crippen LogP contribution in [-0.4, -0.2) is 24.4 Å². The second-order valence-electron chi connectivity index (χ2n) is 5.58. The summed E-state index contributed by atoms with van der Waals surface area (Å²) in [4.78, 5) is 13.8. The van der Waals surface area contributed by atoms with E-state index in [1.807, 2.05) is 0 Å². The van der Waals surface area contributed by atoms with Crippen LogP contribution in [0.4, 0.5) is 4.39 Å². The minimum absolute atomic E-state index is 0.000571. The lowest BCUT2D eigenvalue weighted by atomic mass is 9.66. The molecule has 1 saturated carbocycles. The van der Waals surface area contributed by atoms with Crippen molar-refractivity contribution in [2.24, 2.45) is 11.1 Å². The molecular weight excluding hydrogens is 243 g/mol. The van der Waals surface area contributed by atoms with E-state index in [2.05, 4.69) is 0 Å². The Morgan fingerprint density at radius 3 is 2.63 bits per heavy atom. The van der Waals surface area contributed by atoms with Gasteiger partial charge >= 0.3 is 0 Å². The van der Waals surface area contributed by atoms with Gasteiger partial charge in [-0.25, -0.2) is 4.39 Å². The molecular formula is C15H21FN2O. The Kier molecular flexibility index (Phi) is 4.20. The van der Waals surface area contributed by atoms with E-state index in [0.717, 1.165) is 19.3 Å². The van der Waals surface area contributed by atoms with Gasteiger partial charge in [0.1, 0.15) is 5.82 Å². The summed E-state index contributed by atoms with van der Waals surface area (Å²) in [5, 5.41) is 0. The largest absolute Gasteiger partial charge is 0.341 e. The summed E-state index contributed by atoms with van der Waals surface area (Å²) in [6.45, 7) is 0.873. The molecule has 0 heterocycles. The van der Waals surface area contributed by atoms with Crippen LogP contribution in [0, 0.1) is 11.2 Å². The summed E-state index contributed by atoms with van der Waals surface area (Å²) >= 11 is 0. The SMILES string of the molecule is CN(Cc1ccccc1F)C(=O)CC1(CN)CCC1. The maximum absolute atomic E-state index is 13.5. The van der Waals surface area contributed by atoms with Crippen LogP contribution >= 0.6 is 0 Å². The van der Waals surface area contributed by atoms with Crippen molar-refractivity contribution in [3.8, 4) is 0 Å². The summed E-state index contributed by atoms with van der Waals surface area (Å²) in [7, 11) is 1.72. The van der Waals surface area contributed by atoms with Crippen LogP contribution in [0.5, 0.6) is 0 Å². The monoisotopic (exact) mass is 264 g/mol. The molecule has 1 fully saturated rings. The smallest absolute Gasteiger partial charge is 0.223 e. The highest BCUT2D eigenvalue weighted by Crippen LogP contribution is 2.43. The Morgan fingerprint density at radius 2 is 2.11 bits per heavy atom. The van der Waals surface area contributed by atoms with Crippen LogP contribution in [-0.2, 0) is 11.3 Å². The lowest BCUT2D eigenvalue weighted by molar-refractivity contribution is -0.134. The topological polar surface area (TPSA) is 46.3 Å². The van der Waals surface area contributed by atoms with Crippen molar-refractivity contribution in [1.82, 2.24) is 4.90 Å². The number of amides is 1. The van der Waals surface area contributed by atoms with Crippen LogP contribution in [0.3, 0.4) is 0 Å². The number of nitrogens with zero attached hydrogens (tertiary/aromatic N) is 1. The number of rotatable bonds is 5. The first-order chi connectivity index (χ1) is 9.06. The summed E-state index contributed by atoms with van der Waals surface area (Å²) in [5.74, 6) is -0.215. The van der Waals surface area contributed by atoms with Gasteiger partial charge in [0.15, 0.2) is 0 Å². The van der Waals surface area contributed by atoms with Crippen molar-refractivity contribution < 1.29 is 9.18 Å². The third kappa shape index (κ3) is 3.13. The van der Waals surface area contributed by atoms with Crippen LogP contribution in [0.25, 0.3) is 0 Å². The van der Waals surface area contributed by atoms with E-state index in [-0.39, 0.29) is 17.1 Å². The third-order valence-corrected chi connectivity index (χ3v) is 4.16. The van der Waals surface area contributed by atoms with Gasteiger partial charge in [0.25, 0.3) is 0 Å². The Bertz CT molecular complexity index is 452. The Morgan fingerprint density at radius 1 is 1.42 bits per heavy atom. The number of nitrogens with two attached hydrogens (primary N) is 1. The van der Waals surface area contributed by atoms with Crippen molar-refractivity contribution in [2.45, 2.75) is 32.2 Å². The standard InChI is InChI=1S/C15H21FN2O/c1-18(10-12-5-2-3-6-13(12)16)14(19)9-15(11-17)7-4-8-15/h2-3,5-6H,4,7-11,17H2,1H3. The molecule has 1 aliphatic carbocycles. The van der Waals surface area contributed by atoms with Gasteiger partial charge in [-0.1, -0.05) is 24.6 Å². The van der Waals surface area contributed by atoms with Crippen LogP contribution in [0.1, 0.15) is 31.2 Å². The van der Waals surface area contributed by atoms with Gasteiger partial charge in [0, 0.05) is 25.6 Å². The second kappa shape index (κ2) is 5.70. The number of hydrogen-bond donors (Lipinski definition) is 1. The van der Waals surface area contributed by atoms with Crippen molar-refractivity contribution in [2.75, 3.05) is 13.6 Å². The van der Waals surface area contributed by atoms with Crippen molar-refractivity contribution >= 4 is 5.91 Å². The molecule has 19 heavy (non-hydrogen) atoms. The molecule has 0 saturated heterocycles. The Labute approximate surface area is 113 Å². The van der Waals surface area contributed by atoms with Crippen molar-refractivity contribution in [3.05, 3.63) is 35.6 Å². The van der Waals surface area contributed by atoms with Gasteiger partial charge < -0.3 is 10.6 Å². The molecule has 0 aromatic heterocycles. The summed E-state index contributed by atoms with van der Waals surface area (Å²) in [6, 6.07) is 6.56. The molecule has 3 nitrogen and oxygen atoms in total. The molecule has 4 heteroatoms. The first-order valence-electron chi connectivity index (χ1n) is 6.74. The Balaban J connectivity index is 1.94. The van der Waals surface area contributed by atoms with E-state index >= 15 is 0 Å². The van der Waals surface area contributed by atoms with Crippen LogP contribution in [0.2, 0.25) is 0 Å². The summed E-state index contributed by atoms with van der Waals surface area (Å²) in [5.41, 5.74) is 6.31. The molecule has 0 unspecified atom stereocenters. The molecule has 2 rings (SSSR count). The molecule has 1 aromatic carbocycles. The van der Waals surface area contributed by atoms with Crippen molar-refractivity contribution in [3.63, 3.8) is 0 Å². The molecule has 2 N–H and O–H groups in total. The highest BCUT2D eigenvalue weighted by Gasteiger charge is 2.38. The van der Waals surface area contributed by atoms with Gasteiger partial charge in [-0.3, -0.25) is 4.79 Å². The first-order valence-corrected chi connectivity index (χ1v) is 6.74. The molecule has 1 aromatic rings. The van der Waals surface area contributed by atoms with E-state index in [9.17, 15) is 9.18 Å². The number of carbonyl (C=O) groups is 1. The molecule has 1 aliphatic rings. The number of hydrogen-bond acceptors (Lipinski definition) is 2. The molecule has 0 aliphatic heterocycles. The molecule has 0 radical (unpaired) electrons. The zero-order valence-electron chi connectivity index (χ0n) is 11.4. The zero-order valence-corrected chi connectivity index (χ0v) is 11.4. The quantitative estimate of drug-likeness (QED) is 0.887. The maximum atomic E-state index is 13.5. The van der Waals surface area contributed by atoms with Gasteiger partial charge in [0.2, 0.25) is 5.91 Å². The average molecular weight is 264 g/mol. The molecule has 104 valence electrons. The van der Waals surface area contributed by atoms with E-state index in [1.165, 1.54) is 6.07 Å². The highest BCUT2D eigenvalue weighted by molar-refractivity contribution is 5.76. The van der Waals surface area contributed by atoms with Gasteiger partial charge in [-0.15, -0.1) is 0 Å². The van der Waals surface area contributed by atoms with Gasteiger partial charge in [0.05, 0.1) is 0 Å². The van der Waals surface area contributed by atoms with E-state index in [4.69, 9.17) is 5.73 Å². The van der Waals surface area contributed by atoms with Crippen molar-refractivity contribution in [1.29, 1.82) is 0 Å². The molecule has 0 bridgehead atoms. The normalized spacial score (nSPS) is 16.8. The lowest BCUT2D eigenvalue weighted by Gasteiger charge is -2.41. The van der Waals surface area contributed by atoms with E-state index in [1.54, 1.807) is 30.1 Å². The fourth-order valence-corrected chi connectivity index (χ4v) is 2.56. The first kappa shape index (κ1) is 14.0. The number of benzene rings is 1. The zero-order chi connectivity index (χ0) is 13.9. The minimum Gasteiger partial charge on any atom is -0.341 e. The van der Waals surface area contributed by atoms with Gasteiger partial charge in [-0.05, 0) is 30.9 Å². The highest BCUT2D eigenvalue weighted by atomic mass is 19.1. The molecule has 0 atom stereocenters. The molecule has 1 amide bonds. The second-order valence-corrected chi connectivity index (χ2v) is 5.58. The Hall–Kier alpha value is -1.42. The van der Waals surface area contributed by atoms with Crippen LogP contribution < -0.4 is 5.73 Å². The maximum Gasteiger partial charge on any atom is 0.223 e. The minimum atomic E-state index is -0.265. The number of halogens is 1. The summed E-state index contributed by atoms with van der Waals surface area (Å²) in [6.07, 6.45) is 3.70. The van der Waals surface area contributed by atoms with E-state index in [0.29, 0.717) is 25.1 Å². The van der Waals surface area contributed by atoms with Crippen LogP contribution in [0.15, 0.2) is 24.3 Å². The number of carbonyl (C=O) groups excluding carboxylic acids is 1. The lowest BCUT2D eigenvalue weighted by Crippen LogP contribution is -2.42. The van der Waals surface area contributed by atoms with E-state index < -0.39 is 0 Å². The fraction of sp³-hybridized carbons (Fsp3) is 0.533. The molecule has 0 spiro atoms. The third-order valence-electron chi connectivity index (χ3n) is 4.16.